The third kappa shape index (κ3) is 4.49. The van der Waals surface area contributed by atoms with Crippen molar-refractivity contribution in [1.82, 2.24) is 10.2 Å². The minimum Gasteiger partial charge on any atom is -0.396 e. The third-order valence-corrected chi connectivity index (χ3v) is 3.39. The molecule has 1 aliphatic heterocycles. The molecule has 1 fully saturated rings. The van der Waals surface area contributed by atoms with E-state index in [1.54, 1.807) is 0 Å². The summed E-state index contributed by atoms with van der Waals surface area (Å²) in [5.74, 6) is 0.679. The second-order valence-corrected chi connectivity index (χ2v) is 4.71. The number of hydrogen-bond acceptors (Lipinski definition) is 3. The van der Waals surface area contributed by atoms with Gasteiger partial charge in [0.2, 0.25) is 0 Å². The summed E-state index contributed by atoms with van der Waals surface area (Å²) in [4.78, 5) is 2.55. The Morgan fingerprint density at radius 1 is 1.40 bits per heavy atom. The van der Waals surface area contributed by atoms with E-state index in [2.05, 4.69) is 17.1 Å². The lowest BCUT2D eigenvalue weighted by Gasteiger charge is -2.37. The van der Waals surface area contributed by atoms with Crippen LogP contribution in [0, 0.1) is 5.92 Å². The first-order valence-corrected chi connectivity index (χ1v) is 6.30. The van der Waals surface area contributed by atoms with Crippen molar-refractivity contribution >= 4 is 0 Å². The molecule has 0 aromatic heterocycles. The fraction of sp³-hybridized carbons (Fsp3) is 1.00. The standard InChI is InChI=1S/C12H26N2O/c1-3-4-6-14-9-11(5-7-15)8-12(10-14)13-2/h11-13,15H,3-10H2,1-2H3. The lowest BCUT2D eigenvalue weighted by atomic mass is 9.91. The maximum Gasteiger partial charge on any atom is 0.0434 e. The monoisotopic (exact) mass is 214 g/mol. The first kappa shape index (κ1) is 12.9. The second kappa shape index (κ2) is 7.20. The van der Waals surface area contributed by atoms with Crippen molar-refractivity contribution in [3.63, 3.8) is 0 Å². The van der Waals surface area contributed by atoms with Crippen LogP contribution in [0.4, 0.5) is 0 Å². The zero-order valence-electron chi connectivity index (χ0n) is 10.2. The summed E-state index contributed by atoms with van der Waals surface area (Å²) >= 11 is 0. The van der Waals surface area contributed by atoms with Gasteiger partial charge in [-0.2, -0.15) is 0 Å². The number of likely N-dealkylation sites (tertiary alicyclic amines) is 1. The number of aliphatic hydroxyl groups excluding tert-OH is 1. The molecule has 90 valence electrons. The van der Waals surface area contributed by atoms with Gasteiger partial charge in [0.25, 0.3) is 0 Å². The Kier molecular flexibility index (Phi) is 6.22. The minimum atomic E-state index is 0.336. The number of rotatable bonds is 6. The molecule has 1 aliphatic rings. The molecular formula is C12H26N2O. The van der Waals surface area contributed by atoms with Gasteiger partial charge in [0.15, 0.2) is 0 Å². The summed E-state index contributed by atoms with van der Waals surface area (Å²) in [5, 5.41) is 12.4. The lowest BCUT2D eigenvalue weighted by Crippen LogP contribution is -2.48. The number of aliphatic hydroxyl groups is 1. The summed E-state index contributed by atoms with van der Waals surface area (Å²) < 4.78 is 0. The van der Waals surface area contributed by atoms with Crippen LogP contribution in [0.3, 0.4) is 0 Å². The maximum absolute atomic E-state index is 9.00. The van der Waals surface area contributed by atoms with Gasteiger partial charge in [0, 0.05) is 25.7 Å². The Bertz CT molecular complexity index is 164. The molecule has 0 aromatic rings. The van der Waals surface area contributed by atoms with E-state index in [0.29, 0.717) is 18.6 Å². The predicted molar refractivity (Wildman–Crippen MR) is 64.0 cm³/mol. The van der Waals surface area contributed by atoms with Crippen LogP contribution in [0.25, 0.3) is 0 Å². The second-order valence-electron chi connectivity index (χ2n) is 4.71. The molecule has 0 saturated carbocycles. The average molecular weight is 214 g/mol. The van der Waals surface area contributed by atoms with Crippen LogP contribution in [0.5, 0.6) is 0 Å². The summed E-state index contributed by atoms with van der Waals surface area (Å²) in [6, 6.07) is 0.618. The zero-order chi connectivity index (χ0) is 11.1. The van der Waals surface area contributed by atoms with Crippen molar-refractivity contribution in [3.8, 4) is 0 Å². The first-order chi connectivity index (χ1) is 7.30. The van der Waals surface area contributed by atoms with E-state index < -0.39 is 0 Å². The molecule has 0 radical (unpaired) electrons. The number of hydrogen-bond donors (Lipinski definition) is 2. The van der Waals surface area contributed by atoms with Crippen LogP contribution < -0.4 is 5.32 Å². The predicted octanol–water partition coefficient (Wildman–Crippen LogP) is 1.08. The van der Waals surface area contributed by atoms with Gasteiger partial charge in [-0.25, -0.2) is 0 Å². The highest BCUT2D eigenvalue weighted by Crippen LogP contribution is 2.19. The molecule has 0 aliphatic carbocycles. The highest BCUT2D eigenvalue weighted by molar-refractivity contribution is 4.82. The lowest BCUT2D eigenvalue weighted by molar-refractivity contribution is 0.122. The van der Waals surface area contributed by atoms with Gasteiger partial charge in [-0.3, -0.25) is 0 Å². The molecule has 3 heteroatoms. The Morgan fingerprint density at radius 2 is 2.20 bits per heavy atom. The normalized spacial score (nSPS) is 28.2. The highest BCUT2D eigenvalue weighted by atomic mass is 16.3. The van der Waals surface area contributed by atoms with E-state index in [4.69, 9.17) is 5.11 Å². The van der Waals surface area contributed by atoms with Gasteiger partial charge in [0.05, 0.1) is 0 Å². The van der Waals surface area contributed by atoms with Crippen LogP contribution in [-0.2, 0) is 0 Å². The number of piperidine rings is 1. The molecule has 1 heterocycles. The topological polar surface area (TPSA) is 35.5 Å². The van der Waals surface area contributed by atoms with Crippen molar-refractivity contribution in [1.29, 1.82) is 0 Å². The van der Waals surface area contributed by atoms with Crippen molar-refractivity contribution in [3.05, 3.63) is 0 Å². The third-order valence-electron chi connectivity index (χ3n) is 3.39. The van der Waals surface area contributed by atoms with Gasteiger partial charge < -0.3 is 15.3 Å². The van der Waals surface area contributed by atoms with Crippen molar-refractivity contribution in [2.75, 3.05) is 33.3 Å². The molecule has 2 atom stereocenters. The molecule has 1 rings (SSSR count). The largest absolute Gasteiger partial charge is 0.396 e. The molecule has 2 N–H and O–H groups in total. The maximum atomic E-state index is 9.00. The van der Waals surface area contributed by atoms with Gasteiger partial charge >= 0.3 is 0 Å². The fourth-order valence-corrected chi connectivity index (χ4v) is 2.47. The molecule has 15 heavy (non-hydrogen) atoms. The summed E-state index contributed by atoms with van der Waals surface area (Å²) in [6.45, 7) is 6.15. The van der Waals surface area contributed by atoms with Crippen LogP contribution in [0.15, 0.2) is 0 Å². The number of nitrogens with one attached hydrogen (secondary N) is 1. The number of nitrogens with zero attached hydrogens (tertiary/aromatic N) is 1. The Balaban J connectivity index is 2.36. The van der Waals surface area contributed by atoms with Crippen LogP contribution in [0.1, 0.15) is 32.6 Å². The smallest absolute Gasteiger partial charge is 0.0434 e. The Labute approximate surface area is 93.9 Å². The summed E-state index contributed by atoms with van der Waals surface area (Å²) in [7, 11) is 2.05. The SMILES string of the molecule is CCCCN1CC(CCO)CC(NC)C1. The molecule has 0 spiro atoms. The van der Waals surface area contributed by atoms with Crippen LogP contribution >= 0.6 is 0 Å². The molecular weight excluding hydrogens is 188 g/mol. The minimum absolute atomic E-state index is 0.336. The van der Waals surface area contributed by atoms with E-state index in [9.17, 15) is 0 Å². The summed E-state index contributed by atoms with van der Waals surface area (Å²) in [5.41, 5.74) is 0. The Hall–Kier alpha value is -0.120. The van der Waals surface area contributed by atoms with Crippen molar-refractivity contribution < 1.29 is 5.11 Å². The van der Waals surface area contributed by atoms with E-state index in [1.807, 2.05) is 7.05 Å². The fourth-order valence-electron chi connectivity index (χ4n) is 2.47. The highest BCUT2D eigenvalue weighted by Gasteiger charge is 2.25. The molecule has 0 amide bonds. The van der Waals surface area contributed by atoms with Gasteiger partial charge in [-0.05, 0) is 38.8 Å². The van der Waals surface area contributed by atoms with E-state index in [1.165, 1.54) is 38.9 Å². The molecule has 1 saturated heterocycles. The molecule has 2 unspecified atom stereocenters. The zero-order valence-corrected chi connectivity index (χ0v) is 10.2. The van der Waals surface area contributed by atoms with Crippen LogP contribution in [-0.4, -0.2) is 49.3 Å². The average Bonchev–Trinajstić information content (AvgIpc) is 2.26. The van der Waals surface area contributed by atoms with E-state index in [0.717, 1.165) is 6.42 Å². The van der Waals surface area contributed by atoms with E-state index >= 15 is 0 Å². The van der Waals surface area contributed by atoms with Gasteiger partial charge in [-0.15, -0.1) is 0 Å². The molecule has 0 aromatic carbocycles. The number of likely N-dealkylation sites (N-methyl/N-ethyl adjacent to an activating group) is 1. The number of unbranched alkanes of at least 4 members (excludes halogenated alkanes) is 1. The quantitative estimate of drug-likeness (QED) is 0.694. The molecule has 0 bridgehead atoms. The first-order valence-electron chi connectivity index (χ1n) is 6.30. The summed E-state index contributed by atoms with van der Waals surface area (Å²) in [6.07, 6.45) is 4.74. The van der Waals surface area contributed by atoms with E-state index in [-0.39, 0.29) is 0 Å². The van der Waals surface area contributed by atoms with Crippen molar-refractivity contribution in [2.45, 2.75) is 38.6 Å². The van der Waals surface area contributed by atoms with Crippen LogP contribution in [0.2, 0.25) is 0 Å². The van der Waals surface area contributed by atoms with Crippen molar-refractivity contribution in [2.24, 2.45) is 5.92 Å². The van der Waals surface area contributed by atoms with Gasteiger partial charge in [-0.1, -0.05) is 13.3 Å². The molecule has 3 nitrogen and oxygen atoms in total. The Morgan fingerprint density at radius 3 is 2.80 bits per heavy atom. The van der Waals surface area contributed by atoms with Gasteiger partial charge in [0.1, 0.15) is 0 Å².